The maximum absolute atomic E-state index is 14.0. The highest BCUT2D eigenvalue weighted by molar-refractivity contribution is 5.81. The Kier molecular flexibility index (Phi) is 5.44. The first-order valence-corrected chi connectivity index (χ1v) is 9.21. The van der Waals surface area contributed by atoms with Crippen LogP contribution in [0.3, 0.4) is 0 Å². The Bertz CT molecular complexity index is 1060. The van der Waals surface area contributed by atoms with Crippen LogP contribution in [-0.4, -0.2) is 34.0 Å². The summed E-state index contributed by atoms with van der Waals surface area (Å²) < 4.78 is 61.1. The topological polar surface area (TPSA) is 84.2 Å². The molecule has 9 heteroatoms. The van der Waals surface area contributed by atoms with Gasteiger partial charge in [-0.05, 0) is 42.2 Å². The molecule has 0 radical (unpaired) electrons. The standard InChI is InChI=1S/C21H23F4N3O2/c1-19(2,15-8-13(22)4-5-17(15)30-3)11-20(29,21(23,24)25)9-14-6-12-7-18(26)27-10-16(12)28-14/h4-8,10,28-29H,9,11H2,1-3H3,(H2,26,27). The molecule has 162 valence electrons. The average molecular weight is 425 g/mol. The largest absolute Gasteiger partial charge is 0.496 e. The van der Waals surface area contributed by atoms with E-state index >= 15 is 0 Å². The van der Waals surface area contributed by atoms with E-state index in [4.69, 9.17) is 10.5 Å². The molecule has 0 aliphatic rings. The highest BCUT2D eigenvalue weighted by Crippen LogP contribution is 2.45. The first-order valence-electron chi connectivity index (χ1n) is 9.21. The van der Waals surface area contributed by atoms with E-state index in [0.717, 1.165) is 6.07 Å². The number of aromatic amines is 1. The number of halogens is 4. The molecule has 0 fully saturated rings. The SMILES string of the molecule is COc1ccc(F)cc1C(C)(C)CC(O)(Cc1cc2cc(N)ncc2[nH]1)C(F)(F)F. The van der Waals surface area contributed by atoms with Crippen molar-refractivity contribution in [3.8, 4) is 5.75 Å². The molecule has 0 bridgehead atoms. The summed E-state index contributed by atoms with van der Waals surface area (Å²) >= 11 is 0. The van der Waals surface area contributed by atoms with Crippen molar-refractivity contribution in [2.75, 3.05) is 12.8 Å². The van der Waals surface area contributed by atoms with Gasteiger partial charge in [-0.2, -0.15) is 13.2 Å². The number of nitrogen functional groups attached to an aromatic ring is 1. The van der Waals surface area contributed by atoms with Crippen LogP contribution < -0.4 is 10.5 Å². The summed E-state index contributed by atoms with van der Waals surface area (Å²) in [6.45, 7) is 3.02. The van der Waals surface area contributed by atoms with Crippen LogP contribution in [0.25, 0.3) is 10.9 Å². The number of aliphatic hydroxyl groups is 1. The molecule has 0 saturated heterocycles. The van der Waals surface area contributed by atoms with Gasteiger partial charge >= 0.3 is 6.18 Å². The summed E-state index contributed by atoms with van der Waals surface area (Å²) in [4.78, 5) is 6.75. The summed E-state index contributed by atoms with van der Waals surface area (Å²) in [6.07, 6.45) is -4.94. The molecule has 4 N–H and O–H groups in total. The Morgan fingerprint density at radius 2 is 1.87 bits per heavy atom. The maximum atomic E-state index is 14.0. The predicted molar refractivity (Wildman–Crippen MR) is 106 cm³/mol. The van der Waals surface area contributed by atoms with Crippen LogP contribution in [0.4, 0.5) is 23.4 Å². The van der Waals surface area contributed by atoms with Crippen molar-refractivity contribution in [3.05, 3.63) is 53.6 Å². The van der Waals surface area contributed by atoms with Gasteiger partial charge in [-0.1, -0.05) is 13.8 Å². The lowest BCUT2D eigenvalue weighted by Crippen LogP contribution is -2.51. The molecular weight excluding hydrogens is 402 g/mol. The zero-order valence-electron chi connectivity index (χ0n) is 16.8. The molecule has 0 amide bonds. The van der Waals surface area contributed by atoms with E-state index in [9.17, 15) is 22.7 Å². The number of hydrogen-bond donors (Lipinski definition) is 3. The third kappa shape index (κ3) is 4.21. The van der Waals surface area contributed by atoms with Crippen molar-refractivity contribution in [1.82, 2.24) is 9.97 Å². The van der Waals surface area contributed by atoms with E-state index in [2.05, 4.69) is 9.97 Å². The zero-order valence-corrected chi connectivity index (χ0v) is 16.8. The van der Waals surface area contributed by atoms with Crippen molar-refractivity contribution in [1.29, 1.82) is 0 Å². The molecule has 0 aliphatic carbocycles. The van der Waals surface area contributed by atoms with E-state index in [0.29, 0.717) is 10.9 Å². The third-order valence-electron chi connectivity index (χ3n) is 5.22. The van der Waals surface area contributed by atoms with Crippen molar-refractivity contribution < 1.29 is 27.4 Å². The minimum atomic E-state index is -4.93. The van der Waals surface area contributed by atoms with Crippen molar-refractivity contribution in [3.63, 3.8) is 0 Å². The van der Waals surface area contributed by atoms with Gasteiger partial charge in [-0.25, -0.2) is 9.37 Å². The zero-order chi connectivity index (χ0) is 22.3. The molecule has 1 atom stereocenters. The third-order valence-corrected chi connectivity index (χ3v) is 5.22. The number of nitrogens with zero attached hydrogens (tertiary/aromatic N) is 1. The van der Waals surface area contributed by atoms with Gasteiger partial charge in [0.05, 0.1) is 18.8 Å². The minimum absolute atomic E-state index is 0.180. The number of H-pyrrole nitrogens is 1. The van der Waals surface area contributed by atoms with Gasteiger partial charge in [-0.15, -0.1) is 0 Å². The van der Waals surface area contributed by atoms with Crippen LogP contribution in [0, 0.1) is 5.82 Å². The molecular formula is C21H23F4N3O2. The first kappa shape index (κ1) is 21.9. The summed E-state index contributed by atoms with van der Waals surface area (Å²) in [7, 11) is 1.35. The summed E-state index contributed by atoms with van der Waals surface area (Å²) in [5, 5.41) is 11.4. The monoisotopic (exact) mass is 425 g/mol. The van der Waals surface area contributed by atoms with E-state index in [1.165, 1.54) is 51.4 Å². The molecule has 2 aromatic heterocycles. The number of nitrogens with one attached hydrogen (secondary N) is 1. The summed E-state index contributed by atoms with van der Waals surface area (Å²) in [6, 6.07) is 6.68. The average Bonchev–Trinajstić information content (AvgIpc) is 3.01. The molecule has 30 heavy (non-hydrogen) atoms. The number of nitrogens with two attached hydrogens (primary N) is 1. The van der Waals surface area contributed by atoms with Gasteiger partial charge in [0.2, 0.25) is 0 Å². The Hall–Kier alpha value is -2.81. The Balaban J connectivity index is 1.99. The number of hydrogen-bond acceptors (Lipinski definition) is 4. The maximum Gasteiger partial charge on any atom is 0.417 e. The van der Waals surface area contributed by atoms with Gasteiger partial charge < -0.3 is 20.6 Å². The molecule has 3 rings (SSSR count). The van der Waals surface area contributed by atoms with Crippen molar-refractivity contribution in [2.24, 2.45) is 0 Å². The number of ether oxygens (including phenoxy) is 1. The first-order chi connectivity index (χ1) is 13.8. The van der Waals surface area contributed by atoms with Crippen LogP contribution in [0.5, 0.6) is 5.75 Å². The van der Waals surface area contributed by atoms with Gasteiger partial charge in [-0.3, -0.25) is 0 Å². The molecule has 1 unspecified atom stereocenters. The highest BCUT2D eigenvalue weighted by atomic mass is 19.4. The fraction of sp³-hybridized carbons (Fsp3) is 0.381. The highest BCUT2D eigenvalue weighted by Gasteiger charge is 2.56. The van der Waals surface area contributed by atoms with Gasteiger partial charge in [0.25, 0.3) is 0 Å². The number of anilines is 1. The lowest BCUT2D eigenvalue weighted by atomic mass is 9.73. The summed E-state index contributed by atoms with van der Waals surface area (Å²) in [5.74, 6) is -0.119. The second kappa shape index (κ2) is 7.46. The number of alkyl halides is 3. The van der Waals surface area contributed by atoms with Gasteiger partial charge in [0, 0.05) is 23.1 Å². The molecule has 0 spiro atoms. The van der Waals surface area contributed by atoms with Crippen molar-refractivity contribution in [2.45, 2.75) is 43.9 Å². The van der Waals surface area contributed by atoms with E-state index in [-0.39, 0.29) is 22.8 Å². The molecule has 2 heterocycles. The Morgan fingerprint density at radius 1 is 1.17 bits per heavy atom. The molecule has 3 aromatic rings. The predicted octanol–water partition coefficient (Wildman–Crippen LogP) is 4.50. The number of methoxy groups -OCH3 is 1. The summed E-state index contributed by atoms with van der Waals surface area (Å²) in [5.41, 5.74) is 2.22. The second-order valence-corrected chi connectivity index (χ2v) is 8.10. The molecule has 0 aliphatic heterocycles. The quantitative estimate of drug-likeness (QED) is 0.508. The lowest BCUT2D eigenvalue weighted by Gasteiger charge is -2.38. The minimum Gasteiger partial charge on any atom is -0.496 e. The molecule has 0 saturated carbocycles. The van der Waals surface area contributed by atoms with Crippen LogP contribution in [0.2, 0.25) is 0 Å². The van der Waals surface area contributed by atoms with Crippen LogP contribution in [0.1, 0.15) is 31.5 Å². The van der Waals surface area contributed by atoms with Crippen LogP contribution in [-0.2, 0) is 11.8 Å². The molecule has 1 aromatic carbocycles. The Morgan fingerprint density at radius 3 is 2.50 bits per heavy atom. The number of rotatable bonds is 6. The van der Waals surface area contributed by atoms with Gasteiger partial charge in [0.1, 0.15) is 17.4 Å². The second-order valence-electron chi connectivity index (χ2n) is 8.10. The smallest absolute Gasteiger partial charge is 0.417 e. The number of pyridine rings is 1. The van der Waals surface area contributed by atoms with Crippen molar-refractivity contribution >= 4 is 16.7 Å². The van der Waals surface area contributed by atoms with E-state index in [1.54, 1.807) is 0 Å². The van der Waals surface area contributed by atoms with Crippen LogP contribution in [0.15, 0.2) is 36.5 Å². The molecule has 5 nitrogen and oxygen atoms in total. The number of aromatic nitrogens is 2. The van der Waals surface area contributed by atoms with E-state index < -0.39 is 35.9 Å². The van der Waals surface area contributed by atoms with Gasteiger partial charge in [0.15, 0.2) is 5.60 Å². The fourth-order valence-corrected chi connectivity index (χ4v) is 3.82. The normalized spacial score (nSPS) is 14.7. The number of benzene rings is 1. The van der Waals surface area contributed by atoms with Crippen LogP contribution >= 0.6 is 0 Å². The Labute approximate surface area is 170 Å². The lowest BCUT2D eigenvalue weighted by molar-refractivity contribution is -0.266. The number of fused-ring (bicyclic) bond motifs is 1. The van der Waals surface area contributed by atoms with E-state index in [1.807, 2.05) is 0 Å². The fourth-order valence-electron chi connectivity index (χ4n) is 3.82.